The zero-order valence-electron chi connectivity index (χ0n) is 15.9. The number of nitrogens with zero attached hydrogens (tertiary/aromatic N) is 1. The number of nitrogens with one attached hydrogen (secondary N) is 3. The van der Waals surface area contributed by atoms with Crippen LogP contribution in [0.5, 0.6) is 0 Å². The van der Waals surface area contributed by atoms with E-state index in [4.69, 9.17) is 0 Å². The molecular weight excluding hydrogens is 407 g/mol. The Bertz CT molecular complexity index is 1090. The minimum Gasteiger partial charge on any atom is -0.352 e. The normalized spacial score (nSPS) is 10.4. The van der Waals surface area contributed by atoms with Gasteiger partial charge in [-0.3, -0.25) is 14.4 Å². The molecule has 3 rings (SSSR count). The molecule has 0 radical (unpaired) electrons. The van der Waals surface area contributed by atoms with Crippen LogP contribution < -0.4 is 16.2 Å². The number of H-pyrrole nitrogens is 1. The van der Waals surface area contributed by atoms with Crippen molar-refractivity contribution in [1.29, 1.82) is 0 Å². The average molecular weight is 426 g/mol. The predicted octanol–water partition coefficient (Wildman–Crippen LogP) is 2.50. The Morgan fingerprint density at radius 3 is 2.53 bits per heavy atom. The number of amides is 2. The van der Waals surface area contributed by atoms with Crippen molar-refractivity contribution < 1.29 is 14.0 Å². The van der Waals surface area contributed by atoms with E-state index >= 15 is 0 Å². The highest BCUT2D eigenvalue weighted by Crippen LogP contribution is 2.15. The van der Waals surface area contributed by atoms with Crippen molar-refractivity contribution in [2.75, 3.05) is 11.1 Å². The summed E-state index contributed by atoms with van der Waals surface area (Å²) in [7, 11) is 0. The van der Waals surface area contributed by atoms with E-state index in [1.807, 2.05) is 30.3 Å². The van der Waals surface area contributed by atoms with E-state index in [-0.39, 0.29) is 28.9 Å². The highest BCUT2D eigenvalue weighted by molar-refractivity contribution is 7.99. The van der Waals surface area contributed by atoms with Crippen molar-refractivity contribution >= 4 is 29.3 Å². The Labute approximate surface area is 176 Å². The van der Waals surface area contributed by atoms with Crippen LogP contribution in [-0.4, -0.2) is 27.5 Å². The number of benzene rings is 2. The Kier molecular flexibility index (Phi) is 7.34. The second-order valence-corrected chi connectivity index (χ2v) is 7.26. The third kappa shape index (κ3) is 6.56. The number of hydrogen-bond acceptors (Lipinski definition) is 5. The van der Waals surface area contributed by atoms with Gasteiger partial charge >= 0.3 is 0 Å². The first-order chi connectivity index (χ1) is 14.5. The van der Waals surface area contributed by atoms with E-state index in [1.54, 1.807) is 6.07 Å². The molecule has 0 unspecified atom stereocenters. The summed E-state index contributed by atoms with van der Waals surface area (Å²) in [6.45, 7) is 0.376. The maximum absolute atomic E-state index is 13.6. The summed E-state index contributed by atoms with van der Waals surface area (Å²) >= 11 is 0.986. The Morgan fingerprint density at radius 2 is 1.77 bits per heavy atom. The second kappa shape index (κ2) is 10.4. The fourth-order valence-electron chi connectivity index (χ4n) is 2.55. The fraction of sp³-hybridized carbons (Fsp3) is 0.143. The molecular formula is C21H19FN4O3S. The van der Waals surface area contributed by atoms with Gasteiger partial charge < -0.3 is 15.6 Å². The molecule has 9 heteroatoms. The molecule has 7 nitrogen and oxygen atoms in total. The lowest BCUT2D eigenvalue weighted by atomic mass is 10.2. The lowest BCUT2D eigenvalue weighted by Crippen LogP contribution is -2.26. The molecule has 30 heavy (non-hydrogen) atoms. The first-order valence-corrected chi connectivity index (χ1v) is 10.1. The summed E-state index contributed by atoms with van der Waals surface area (Å²) < 4.78 is 13.6. The van der Waals surface area contributed by atoms with Crippen LogP contribution >= 0.6 is 11.8 Å². The van der Waals surface area contributed by atoms with Gasteiger partial charge in [-0.1, -0.05) is 54.2 Å². The third-order valence-corrected chi connectivity index (χ3v) is 4.81. The standard InChI is InChI=1S/C21H19FN4O3S/c22-16-8-4-5-9-17(16)25-20(29)13-30-21-24-15(11-19(28)26-21)10-18(27)23-12-14-6-2-1-3-7-14/h1-9,11H,10,12-13H2,(H,23,27)(H,25,29)(H,24,26,28). The molecule has 2 amide bonds. The number of halogens is 1. The summed E-state index contributed by atoms with van der Waals surface area (Å²) in [5.74, 6) is -1.34. The maximum Gasteiger partial charge on any atom is 0.251 e. The zero-order chi connectivity index (χ0) is 21.3. The molecule has 2 aromatic carbocycles. The Morgan fingerprint density at radius 1 is 1.03 bits per heavy atom. The van der Waals surface area contributed by atoms with E-state index in [9.17, 15) is 18.8 Å². The van der Waals surface area contributed by atoms with E-state index in [0.717, 1.165) is 17.3 Å². The van der Waals surface area contributed by atoms with Crippen molar-refractivity contribution in [2.45, 2.75) is 18.1 Å². The highest BCUT2D eigenvalue weighted by Gasteiger charge is 2.11. The van der Waals surface area contributed by atoms with Gasteiger partial charge in [-0.05, 0) is 17.7 Å². The number of thioether (sulfide) groups is 1. The van der Waals surface area contributed by atoms with Crippen molar-refractivity contribution in [3.8, 4) is 0 Å². The van der Waals surface area contributed by atoms with Crippen molar-refractivity contribution in [2.24, 2.45) is 0 Å². The highest BCUT2D eigenvalue weighted by atomic mass is 32.2. The molecule has 0 fully saturated rings. The molecule has 0 aliphatic heterocycles. The third-order valence-electron chi connectivity index (χ3n) is 3.94. The quantitative estimate of drug-likeness (QED) is 0.379. The molecule has 0 bridgehead atoms. The number of para-hydroxylation sites is 1. The molecule has 0 atom stereocenters. The van der Waals surface area contributed by atoms with Gasteiger partial charge in [0.05, 0.1) is 23.6 Å². The molecule has 0 aliphatic carbocycles. The summed E-state index contributed by atoms with van der Waals surface area (Å²) in [4.78, 5) is 42.8. The van der Waals surface area contributed by atoms with Crippen LogP contribution in [0, 0.1) is 5.82 Å². The summed E-state index contributed by atoms with van der Waals surface area (Å²) in [5.41, 5.74) is 0.907. The van der Waals surface area contributed by atoms with Crippen LogP contribution in [-0.2, 0) is 22.6 Å². The second-order valence-electron chi connectivity index (χ2n) is 6.30. The Balaban J connectivity index is 1.54. The molecule has 0 saturated heterocycles. The molecule has 3 aromatic rings. The molecule has 0 aliphatic rings. The number of hydrogen-bond donors (Lipinski definition) is 3. The lowest BCUT2D eigenvalue weighted by molar-refractivity contribution is -0.120. The number of carbonyl (C=O) groups excluding carboxylic acids is 2. The van der Waals surface area contributed by atoms with Gasteiger partial charge in [0, 0.05) is 12.6 Å². The number of aromatic nitrogens is 2. The van der Waals surface area contributed by atoms with E-state index in [2.05, 4.69) is 20.6 Å². The minimum absolute atomic E-state index is 0.0638. The minimum atomic E-state index is -0.536. The molecule has 1 heterocycles. The van der Waals surface area contributed by atoms with Gasteiger partial charge in [0.25, 0.3) is 5.56 Å². The van der Waals surface area contributed by atoms with Crippen LogP contribution in [0.15, 0.2) is 70.6 Å². The lowest BCUT2D eigenvalue weighted by Gasteiger charge is -2.07. The molecule has 0 saturated carbocycles. The Hall–Kier alpha value is -3.46. The van der Waals surface area contributed by atoms with Gasteiger partial charge in [-0.15, -0.1) is 0 Å². The summed E-state index contributed by atoms with van der Waals surface area (Å²) in [6.07, 6.45) is -0.0638. The van der Waals surface area contributed by atoms with Crippen molar-refractivity contribution in [3.05, 3.63) is 88.1 Å². The van der Waals surface area contributed by atoms with Crippen molar-refractivity contribution in [3.63, 3.8) is 0 Å². The van der Waals surface area contributed by atoms with Crippen LogP contribution in [0.4, 0.5) is 10.1 Å². The number of aromatic amines is 1. The van der Waals surface area contributed by atoms with Gasteiger partial charge in [-0.25, -0.2) is 9.37 Å². The zero-order valence-corrected chi connectivity index (χ0v) is 16.7. The van der Waals surface area contributed by atoms with E-state index in [1.165, 1.54) is 24.3 Å². The molecule has 1 aromatic heterocycles. The maximum atomic E-state index is 13.6. The molecule has 0 spiro atoms. The van der Waals surface area contributed by atoms with Gasteiger partial charge in [0.15, 0.2) is 5.16 Å². The smallest absolute Gasteiger partial charge is 0.251 e. The van der Waals surface area contributed by atoms with E-state index in [0.29, 0.717) is 12.2 Å². The van der Waals surface area contributed by atoms with Crippen LogP contribution in [0.3, 0.4) is 0 Å². The first-order valence-electron chi connectivity index (χ1n) is 9.07. The number of carbonyl (C=O) groups is 2. The fourth-order valence-corrected chi connectivity index (χ4v) is 3.24. The largest absolute Gasteiger partial charge is 0.352 e. The number of rotatable bonds is 8. The van der Waals surface area contributed by atoms with Gasteiger partial charge in [0.2, 0.25) is 11.8 Å². The number of anilines is 1. The average Bonchev–Trinajstić information content (AvgIpc) is 2.73. The van der Waals surface area contributed by atoms with E-state index < -0.39 is 17.3 Å². The van der Waals surface area contributed by atoms with Crippen molar-refractivity contribution in [1.82, 2.24) is 15.3 Å². The predicted molar refractivity (Wildman–Crippen MR) is 113 cm³/mol. The summed E-state index contributed by atoms with van der Waals surface area (Å²) in [6, 6.07) is 16.5. The molecule has 154 valence electrons. The van der Waals surface area contributed by atoms with Crippen LogP contribution in [0.25, 0.3) is 0 Å². The first kappa shape index (κ1) is 21.3. The summed E-state index contributed by atoms with van der Waals surface area (Å²) in [5, 5.41) is 5.43. The van der Waals surface area contributed by atoms with Gasteiger partial charge in [0.1, 0.15) is 5.82 Å². The molecule has 3 N–H and O–H groups in total. The monoisotopic (exact) mass is 426 g/mol. The SMILES string of the molecule is O=C(Cc1cc(=O)[nH]c(SCC(=O)Nc2ccccc2F)n1)NCc1ccccc1. The van der Waals surface area contributed by atoms with Gasteiger partial charge in [-0.2, -0.15) is 0 Å². The van der Waals surface area contributed by atoms with Crippen LogP contribution in [0.1, 0.15) is 11.3 Å². The van der Waals surface area contributed by atoms with Crippen LogP contribution in [0.2, 0.25) is 0 Å². The topological polar surface area (TPSA) is 104 Å².